The lowest BCUT2D eigenvalue weighted by Gasteiger charge is -2.41. The van der Waals surface area contributed by atoms with Crippen LogP contribution in [-0.2, 0) is 15.7 Å². The van der Waals surface area contributed by atoms with Gasteiger partial charge in [-0.3, -0.25) is 14.7 Å². The first kappa shape index (κ1) is 21.8. The van der Waals surface area contributed by atoms with Crippen molar-refractivity contribution in [1.29, 1.82) is 0 Å². The first-order valence-corrected chi connectivity index (χ1v) is 10.9. The smallest absolute Gasteiger partial charge is 0.239 e. The minimum Gasteiger partial charge on any atom is -0.369 e. The molecule has 0 unspecified atom stereocenters. The molecule has 32 heavy (non-hydrogen) atoms. The molecule has 0 fully saturated rings. The largest absolute Gasteiger partial charge is 0.369 e. The molecule has 5 heteroatoms. The number of hydrogen-bond acceptors (Lipinski definition) is 4. The summed E-state index contributed by atoms with van der Waals surface area (Å²) in [6.07, 6.45) is 3.59. The molecule has 0 saturated heterocycles. The van der Waals surface area contributed by atoms with E-state index in [1.807, 2.05) is 43.5 Å². The zero-order valence-electron chi connectivity index (χ0n) is 19.3. The first-order valence-electron chi connectivity index (χ1n) is 10.9. The monoisotopic (exact) mass is 426 g/mol. The van der Waals surface area contributed by atoms with Crippen LogP contribution in [0.2, 0.25) is 0 Å². The van der Waals surface area contributed by atoms with Crippen molar-refractivity contribution in [1.82, 2.24) is 9.88 Å². The van der Waals surface area contributed by atoms with Crippen LogP contribution >= 0.6 is 0 Å². The van der Waals surface area contributed by atoms with E-state index in [1.54, 1.807) is 13.2 Å². The molecule has 0 saturated carbocycles. The van der Waals surface area contributed by atoms with Gasteiger partial charge in [-0.1, -0.05) is 69.3 Å². The van der Waals surface area contributed by atoms with Gasteiger partial charge in [0.2, 0.25) is 5.91 Å². The predicted molar refractivity (Wildman–Crippen MR) is 129 cm³/mol. The van der Waals surface area contributed by atoms with Crippen LogP contribution in [-0.4, -0.2) is 28.8 Å². The number of carbonyl (C=O) groups excluding carboxylic acids is 1. The number of benzene rings is 2. The quantitative estimate of drug-likeness (QED) is 0.652. The Morgan fingerprint density at radius 1 is 1.00 bits per heavy atom. The molecule has 1 aromatic heterocycles. The Morgan fingerprint density at radius 3 is 2.31 bits per heavy atom. The molecule has 2 aromatic carbocycles. The number of likely N-dealkylation sites (N-methyl/N-ethyl adjacent to an activating group) is 1. The van der Waals surface area contributed by atoms with E-state index in [-0.39, 0.29) is 17.3 Å². The summed E-state index contributed by atoms with van der Waals surface area (Å²) in [5, 5.41) is 0. The number of rotatable bonds is 3. The van der Waals surface area contributed by atoms with Crippen molar-refractivity contribution >= 4 is 11.9 Å². The first-order chi connectivity index (χ1) is 15.1. The molecule has 3 aromatic rings. The molecular weight excluding hydrogens is 396 g/mol. The normalized spacial score (nSPS) is 21.4. The number of hydrogen-bond donors (Lipinski definition) is 1. The molecule has 0 aliphatic carbocycles. The SMILES string of the molecule is CN1C(=O)[C@H](c2ccc(C(C)(C)C)cc2)[C@@](C)(c2cccc(-c3cccnc3)c2)N=C1N. The number of aliphatic imine (C=N–C) groups is 1. The second-order valence-electron chi connectivity index (χ2n) is 9.64. The number of aromatic nitrogens is 1. The lowest BCUT2D eigenvalue weighted by Crippen LogP contribution is -2.52. The highest BCUT2D eigenvalue weighted by molar-refractivity contribution is 6.02. The third-order valence-corrected chi connectivity index (χ3v) is 6.38. The minimum atomic E-state index is -0.838. The van der Waals surface area contributed by atoms with E-state index in [0.29, 0.717) is 0 Å². The number of pyridine rings is 1. The van der Waals surface area contributed by atoms with Crippen LogP contribution in [0.3, 0.4) is 0 Å². The highest BCUT2D eigenvalue weighted by Crippen LogP contribution is 2.45. The zero-order valence-corrected chi connectivity index (χ0v) is 19.3. The summed E-state index contributed by atoms with van der Waals surface area (Å²) in [7, 11) is 1.68. The van der Waals surface area contributed by atoms with E-state index < -0.39 is 11.5 Å². The molecule has 2 heterocycles. The summed E-state index contributed by atoms with van der Waals surface area (Å²) in [6, 6.07) is 20.4. The molecule has 2 N–H and O–H groups in total. The summed E-state index contributed by atoms with van der Waals surface area (Å²) in [4.78, 5) is 24.1. The lowest BCUT2D eigenvalue weighted by molar-refractivity contribution is -0.130. The number of amides is 1. The topological polar surface area (TPSA) is 71.6 Å². The summed E-state index contributed by atoms with van der Waals surface area (Å²) >= 11 is 0. The van der Waals surface area contributed by atoms with E-state index in [2.05, 4.69) is 56.1 Å². The van der Waals surface area contributed by atoms with Crippen LogP contribution < -0.4 is 5.73 Å². The molecule has 0 radical (unpaired) electrons. The fraction of sp³-hybridized carbons (Fsp3) is 0.296. The summed E-state index contributed by atoms with van der Waals surface area (Å²) in [5.41, 5.74) is 10.5. The van der Waals surface area contributed by atoms with E-state index in [4.69, 9.17) is 10.7 Å². The van der Waals surface area contributed by atoms with Crippen molar-refractivity contribution in [3.05, 3.63) is 89.7 Å². The zero-order chi connectivity index (χ0) is 23.1. The van der Waals surface area contributed by atoms with Gasteiger partial charge in [-0.25, -0.2) is 4.99 Å². The van der Waals surface area contributed by atoms with Crippen molar-refractivity contribution in [2.45, 2.75) is 44.6 Å². The van der Waals surface area contributed by atoms with E-state index >= 15 is 0 Å². The molecule has 164 valence electrons. The van der Waals surface area contributed by atoms with Crippen LogP contribution in [0, 0.1) is 0 Å². The van der Waals surface area contributed by atoms with Gasteiger partial charge in [-0.05, 0) is 52.3 Å². The summed E-state index contributed by atoms with van der Waals surface area (Å²) in [6.45, 7) is 8.54. The maximum atomic E-state index is 13.5. The molecule has 1 aliphatic rings. The molecule has 5 nitrogen and oxygen atoms in total. The van der Waals surface area contributed by atoms with Crippen molar-refractivity contribution in [3.8, 4) is 11.1 Å². The number of carbonyl (C=O) groups is 1. The predicted octanol–water partition coefficient (Wildman–Crippen LogP) is 4.83. The second-order valence-corrected chi connectivity index (χ2v) is 9.64. The van der Waals surface area contributed by atoms with Gasteiger partial charge < -0.3 is 5.73 Å². The van der Waals surface area contributed by atoms with Gasteiger partial charge in [0.25, 0.3) is 0 Å². The van der Waals surface area contributed by atoms with Crippen molar-refractivity contribution in [2.75, 3.05) is 7.05 Å². The highest BCUT2D eigenvalue weighted by Gasteiger charge is 2.47. The molecule has 0 bridgehead atoms. The van der Waals surface area contributed by atoms with Gasteiger partial charge >= 0.3 is 0 Å². The van der Waals surface area contributed by atoms with Gasteiger partial charge in [-0.15, -0.1) is 0 Å². The minimum absolute atomic E-state index is 0.0375. The second kappa shape index (κ2) is 7.90. The Hall–Kier alpha value is -3.47. The Kier molecular flexibility index (Phi) is 5.37. The molecule has 0 spiro atoms. The van der Waals surface area contributed by atoms with Gasteiger partial charge in [0.15, 0.2) is 5.96 Å². The van der Waals surface area contributed by atoms with E-state index in [9.17, 15) is 4.79 Å². The third kappa shape index (κ3) is 3.79. The average molecular weight is 427 g/mol. The molecule has 1 amide bonds. The third-order valence-electron chi connectivity index (χ3n) is 6.38. The Balaban J connectivity index is 1.85. The van der Waals surface area contributed by atoms with E-state index in [0.717, 1.165) is 22.3 Å². The van der Waals surface area contributed by atoms with E-state index in [1.165, 1.54) is 10.5 Å². The molecule has 4 rings (SSSR count). The van der Waals surface area contributed by atoms with Crippen LogP contribution in [0.25, 0.3) is 11.1 Å². The van der Waals surface area contributed by atoms with Crippen LogP contribution in [0.5, 0.6) is 0 Å². The van der Waals surface area contributed by atoms with Crippen molar-refractivity contribution in [2.24, 2.45) is 10.7 Å². The van der Waals surface area contributed by atoms with Crippen molar-refractivity contribution < 1.29 is 4.79 Å². The van der Waals surface area contributed by atoms with Gasteiger partial charge in [0.05, 0.1) is 5.92 Å². The number of nitrogens with zero attached hydrogens (tertiary/aromatic N) is 3. The Morgan fingerprint density at radius 2 is 1.69 bits per heavy atom. The van der Waals surface area contributed by atoms with Gasteiger partial charge in [0.1, 0.15) is 5.54 Å². The van der Waals surface area contributed by atoms with Crippen molar-refractivity contribution in [3.63, 3.8) is 0 Å². The number of nitrogens with two attached hydrogens (primary N) is 1. The fourth-order valence-electron chi connectivity index (χ4n) is 4.35. The highest BCUT2D eigenvalue weighted by atomic mass is 16.2. The average Bonchev–Trinajstić information content (AvgIpc) is 2.78. The maximum absolute atomic E-state index is 13.5. The molecule has 1 aliphatic heterocycles. The Labute approximate surface area is 190 Å². The lowest BCUT2D eigenvalue weighted by atomic mass is 9.73. The molecular formula is C27H30N4O. The van der Waals surface area contributed by atoms with Crippen LogP contribution in [0.15, 0.2) is 78.0 Å². The van der Waals surface area contributed by atoms with Crippen LogP contribution in [0.1, 0.15) is 50.3 Å². The van der Waals surface area contributed by atoms with Gasteiger partial charge in [-0.2, -0.15) is 0 Å². The maximum Gasteiger partial charge on any atom is 0.239 e. The van der Waals surface area contributed by atoms with Crippen LogP contribution in [0.4, 0.5) is 0 Å². The standard InChI is InChI=1S/C27H30N4O/c1-26(2,3)21-13-11-18(12-14-21)23-24(32)31(5)25(28)30-27(23,4)22-10-6-8-19(16-22)20-9-7-15-29-17-20/h6-17,23H,1-5H3,(H2,28,30)/t23-,27+/m0/s1. The molecule has 2 atom stereocenters. The number of guanidine groups is 1. The summed E-state index contributed by atoms with van der Waals surface area (Å²) < 4.78 is 0. The Bertz CT molecular complexity index is 1160. The summed E-state index contributed by atoms with van der Waals surface area (Å²) in [5.74, 6) is -0.319. The van der Waals surface area contributed by atoms with Gasteiger partial charge in [0, 0.05) is 19.4 Å². The fourth-order valence-corrected chi connectivity index (χ4v) is 4.35.